The van der Waals surface area contributed by atoms with E-state index >= 15 is 0 Å². The molecule has 0 spiro atoms. The number of halogens is 1. The molecule has 0 aliphatic heterocycles. The number of hydrogen-bond acceptors (Lipinski definition) is 6. The standard InChI is InChI=1S/C19H19BrN4O2S/c1-27(21,25)14-4-2-3-12(7-14)10-26-18-9-17-15(8-16(18)20)19(23-11-22-17)24-13-5-6-13/h2-4,7-9,11,13,21H,5-6,10H2,1H3,(H,22,23,24). The zero-order valence-electron chi connectivity index (χ0n) is 14.7. The van der Waals surface area contributed by atoms with Crippen molar-refractivity contribution in [3.05, 3.63) is 52.8 Å². The number of nitrogens with one attached hydrogen (secondary N) is 2. The van der Waals surface area contributed by atoms with Crippen LogP contribution in [0.5, 0.6) is 5.75 Å². The van der Waals surface area contributed by atoms with Gasteiger partial charge in [-0.3, -0.25) is 0 Å². The molecule has 1 aromatic heterocycles. The van der Waals surface area contributed by atoms with Crippen LogP contribution in [0.25, 0.3) is 10.9 Å². The lowest BCUT2D eigenvalue weighted by Crippen LogP contribution is -2.04. The van der Waals surface area contributed by atoms with Crippen LogP contribution in [0.1, 0.15) is 18.4 Å². The molecule has 8 heteroatoms. The molecule has 4 rings (SSSR count). The van der Waals surface area contributed by atoms with Crippen LogP contribution in [0.4, 0.5) is 5.82 Å². The minimum atomic E-state index is -2.74. The molecular formula is C19H19BrN4O2S. The monoisotopic (exact) mass is 446 g/mol. The summed E-state index contributed by atoms with van der Waals surface area (Å²) in [6, 6.07) is 11.5. The van der Waals surface area contributed by atoms with Crippen LogP contribution in [-0.4, -0.2) is 26.5 Å². The number of ether oxygens (including phenoxy) is 1. The average Bonchev–Trinajstić information content (AvgIpc) is 3.44. The van der Waals surface area contributed by atoms with Crippen LogP contribution in [0.15, 0.2) is 52.1 Å². The predicted molar refractivity (Wildman–Crippen MR) is 110 cm³/mol. The van der Waals surface area contributed by atoms with Gasteiger partial charge >= 0.3 is 0 Å². The van der Waals surface area contributed by atoms with Crippen molar-refractivity contribution in [2.45, 2.75) is 30.4 Å². The van der Waals surface area contributed by atoms with Crippen molar-refractivity contribution in [1.29, 1.82) is 4.78 Å². The summed E-state index contributed by atoms with van der Waals surface area (Å²) in [5, 5.41) is 4.38. The quantitative estimate of drug-likeness (QED) is 0.578. The molecule has 0 saturated heterocycles. The number of rotatable bonds is 6. The third-order valence-electron chi connectivity index (χ3n) is 4.35. The van der Waals surface area contributed by atoms with Crippen molar-refractivity contribution in [3.63, 3.8) is 0 Å². The van der Waals surface area contributed by atoms with Gasteiger partial charge in [0.25, 0.3) is 0 Å². The Morgan fingerprint density at radius 1 is 1.30 bits per heavy atom. The van der Waals surface area contributed by atoms with Crippen molar-refractivity contribution >= 4 is 42.4 Å². The van der Waals surface area contributed by atoms with Crippen LogP contribution in [0.3, 0.4) is 0 Å². The Hall–Kier alpha value is -2.19. The Morgan fingerprint density at radius 2 is 2.11 bits per heavy atom. The minimum absolute atomic E-state index is 0.311. The second-order valence-electron chi connectivity index (χ2n) is 6.72. The molecule has 3 aromatic rings. The van der Waals surface area contributed by atoms with Crippen LogP contribution in [0, 0.1) is 4.78 Å². The van der Waals surface area contributed by atoms with Crippen LogP contribution >= 0.6 is 15.9 Å². The molecule has 0 amide bonds. The van der Waals surface area contributed by atoms with E-state index in [4.69, 9.17) is 9.52 Å². The Kier molecular flexibility index (Phi) is 4.77. The molecule has 1 heterocycles. The summed E-state index contributed by atoms with van der Waals surface area (Å²) in [6.45, 7) is 0.311. The molecule has 27 heavy (non-hydrogen) atoms. The number of benzene rings is 2. The van der Waals surface area contributed by atoms with Crippen LogP contribution in [-0.2, 0) is 16.3 Å². The molecule has 1 saturated carbocycles. The van der Waals surface area contributed by atoms with Gasteiger partial charge in [-0.15, -0.1) is 0 Å². The fraction of sp³-hybridized carbons (Fsp3) is 0.263. The highest BCUT2D eigenvalue weighted by Crippen LogP contribution is 2.34. The second kappa shape index (κ2) is 7.09. The predicted octanol–water partition coefficient (Wildman–Crippen LogP) is 4.58. The van der Waals surface area contributed by atoms with Crippen LogP contribution < -0.4 is 10.1 Å². The summed E-state index contributed by atoms with van der Waals surface area (Å²) in [5.41, 5.74) is 1.67. The molecule has 1 atom stereocenters. The average molecular weight is 447 g/mol. The highest BCUT2D eigenvalue weighted by Gasteiger charge is 2.22. The first kappa shape index (κ1) is 18.2. The minimum Gasteiger partial charge on any atom is -0.488 e. The van der Waals surface area contributed by atoms with E-state index in [0.29, 0.717) is 23.3 Å². The third kappa shape index (κ3) is 4.22. The summed E-state index contributed by atoms with van der Waals surface area (Å²) in [5.74, 6) is 1.52. The van der Waals surface area contributed by atoms with Gasteiger partial charge in [0.2, 0.25) is 0 Å². The summed E-state index contributed by atoms with van der Waals surface area (Å²) in [7, 11) is -2.74. The first-order valence-corrected chi connectivity index (χ1v) is 11.3. The van der Waals surface area contributed by atoms with Gasteiger partial charge < -0.3 is 10.1 Å². The highest BCUT2D eigenvalue weighted by molar-refractivity contribution is 9.10. The first-order chi connectivity index (χ1) is 12.9. The summed E-state index contributed by atoms with van der Waals surface area (Å²) in [4.78, 5) is 9.22. The lowest BCUT2D eigenvalue weighted by Gasteiger charge is -2.12. The topological polar surface area (TPSA) is 88.0 Å². The maximum absolute atomic E-state index is 11.9. The van der Waals surface area contributed by atoms with E-state index < -0.39 is 9.73 Å². The van der Waals surface area contributed by atoms with E-state index in [-0.39, 0.29) is 0 Å². The molecule has 1 aliphatic carbocycles. The molecule has 1 fully saturated rings. The van der Waals surface area contributed by atoms with Gasteiger partial charge in [0, 0.05) is 28.6 Å². The van der Waals surface area contributed by atoms with Crippen molar-refractivity contribution in [2.75, 3.05) is 11.6 Å². The fourth-order valence-corrected chi connectivity index (χ4v) is 3.92. The molecule has 2 aromatic carbocycles. The zero-order valence-corrected chi connectivity index (χ0v) is 17.1. The molecule has 140 valence electrons. The first-order valence-electron chi connectivity index (χ1n) is 8.56. The Bertz CT molecular complexity index is 1110. The lowest BCUT2D eigenvalue weighted by molar-refractivity contribution is 0.304. The van der Waals surface area contributed by atoms with Gasteiger partial charge in [0.1, 0.15) is 24.5 Å². The molecule has 1 unspecified atom stereocenters. The third-order valence-corrected chi connectivity index (χ3v) is 6.12. The largest absolute Gasteiger partial charge is 0.488 e. The smallest absolute Gasteiger partial charge is 0.137 e. The lowest BCUT2D eigenvalue weighted by atomic mass is 10.2. The number of aromatic nitrogens is 2. The molecule has 0 radical (unpaired) electrons. The van der Waals surface area contributed by atoms with Gasteiger partial charge in [-0.2, -0.15) is 0 Å². The molecular weight excluding hydrogens is 428 g/mol. The maximum atomic E-state index is 11.9. The Balaban J connectivity index is 1.58. The van der Waals surface area contributed by atoms with Gasteiger partial charge in [0.15, 0.2) is 0 Å². The Morgan fingerprint density at radius 3 is 2.85 bits per heavy atom. The van der Waals surface area contributed by atoms with Crippen molar-refractivity contribution in [3.8, 4) is 5.75 Å². The fourth-order valence-electron chi connectivity index (χ4n) is 2.74. The van der Waals surface area contributed by atoms with Gasteiger partial charge in [-0.25, -0.2) is 19.0 Å². The van der Waals surface area contributed by atoms with E-state index in [2.05, 4.69) is 31.2 Å². The van der Waals surface area contributed by atoms with Crippen molar-refractivity contribution in [1.82, 2.24) is 9.97 Å². The number of fused-ring (bicyclic) bond motifs is 1. The summed E-state index contributed by atoms with van der Waals surface area (Å²) < 4.78 is 26.4. The SMILES string of the molecule is CS(=N)(=O)c1cccc(COc2cc3ncnc(NC4CC4)c3cc2Br)c1. The van der Waals surface area contributed by atoms with Crippen LogP contribution in [0.2, 0.25) is 0 Å². The van der Waals surface area contributed by atoms with E-state index in [1.54, 1.807) is 24.5 Å². The summed E-state index contributed by atoms with van der Waals surface area (Å²) in [6.07, 6.45) is 5.32. The van der Waals surface area contributed by atoms with Crippen molar-refractivity contribution < 1.29 is 8.95 Å². The maximum Gasteiger partial charge on any atom is 0.137 e. The van der Waals surface area contributed by atoms with E-state index in [0.717, 1.165) is 26.8 Å². The molecule has 2 N–H and O–H groups in total. The van der Waals surface area contributed by atoms with Gasteiger partial charge in [-0.1, -0.05) is 12.1 Å². The van der Waals surface area contributed by atoms with Crippen molar-refractivity contribution in [2.24, 2.45) is 0 Å². The summed E-state index contributed by atoms with van der Waals surface area (Å²) >= 11 is 3.57. The number of nitrogens with zero attached hydrogens (tertiary/aromatic N) is 2. The van der Waals surface area contributed by atoms with Gasteiger partial charge in [-0.05, 0) is 52.5 Å². The zero-order chi connectivity index (χ0) is 19.0. The normalized spacial score (nSPS) is 16.1. The van der Waals surface area contributed by atoms with Gasteiger partial charge in [0.05, 0.1) is 19.7 Å². The van der Waals surface area contributed by atoms with E-state index in [1.807, 2.05) is 18.2 Å². The molecule has 0 bridgehead atoms. The second-order valence-corrected chi connectivity index (χ2v) is 9.73. The van der Waals surface area contributed by atoms with E-state index in [1.165, 1.54) is 19.1 Å². The number of anilines is 1. The molecule has 6 nitrogen and oxygen atoms in total. The Labute approximate surface area is 166 Å². The molecule has 1 aliphatic rings. The highest BCUT2D eigenvalue weighted by atomic mass is 79.9. The van der Waals surface area contributed by atoms with E-state index in [9.17, 15) is 4.21 Å². The number of hydrogen-bond donors (Lipinski definition) is 2.